The Morgan fingerprint density at radius 3 is 2.41 bits per heavy atom. The number of amides is 2. The lowest BCUT2D eigenvalue weighted by molar-refractivity contribution is -0.121. The first-order valence-electron chi connectivity index (χ1n) is 9.45. The number of piperidine rings is 1. The van der Waals surface area contributed by atoms with Gasteiger partial charge >= 0.3 is 5.97 Å². The second-order valence-corrected chi connectivity index (χ2v) is 6.83. The number of carbonyl (C=O) groups excluding carboxylic acids is 3. The van der Waals surface area contributed by atoms with E-state index in [1.807, 2.05) is 6.07 Å². The van der Waals surface area contributed by atoms with E-state index in [9.17, 15) is 14.4 Å². The largest absolute Gasteiger partial charge is 0.496 e. The minimum atomic E-state index is -0.454. The maximum Gasteiger partial charge on any atom is 0.337 e. The van der Waals surface area contributed by atoms with Gasteiger partial charge in [-0.2, -0.15) is 0 Å². The van der Waals surface area contributed by atoms with Crippen LogP contribution in [0.3, 0.4) is 0 Å². The summed E-state index contributed by atoms with van der Waals surface area (Å²) in [7, 11) is 2.85. The van der Waals surface area contributed by atoms with E-state index in [1.165, 1.54) is 14.2 Å². The predicted octanol–water partition coefficient (Wildman–Crippen LogP) is 2.97. The third-order valence-electron chi connectivity index (χ3n) is 5.04. The molecular weight excluding hydrogens is 372 g/mol. The molecule has 152 valence electrons. The van der Waals surface area contributed by atoms with Crippen LogP contribution in [-0.2, 0) is 9.53 Å². The van der Waals surface area contributed by atoms with Crippen molar-refractivity contribution in [3.05, 3.63) is 59.7 Å². The van der Waals surface area contributed by atoms with Crippen molar-refractivity contribution in [2.45, 2.75) is 12.8 Å². The number of carbonyl (C=O) groups is 3. The molecular formula is C22H24N2O5. The second-order valence-electron chi connectivity index (χ2n) is 6.83. The molecule has 1 aliphatic heterocycles. The van der Waals surface area contributed by atoms with Gasteiger partial charge in [0.15, 0.2) is 0 Å². The number of likely N-dealkylation sites (tertiary alicyclic amines) is 1. The summed E-state index contributed by atoms with van der Waals surface area (Å²) < 4.78 is 9.97. The van der Waals surface area contributed by atoms with E-state index in [4.69, 9.17) is 9.47 Å². The van der Waals surface area contributed by atoms with Crippen molar-refractivity contribution in [2.75, 3.05) is 32.6 Å². The van der Waals surface area contributed by atoms with Gasteiger partial charge in [-0.1, -0.05) is 18.2 Å². The van der Waals surface area contributed by atoms with Gasteiger partial charge in [-0.3, -0.25) is 9.59 Å². The van der Waals surface area contributed by atoms with E-state index in [0.717, 1.165) is 0 Å². The van der Waals surface area contributed by atoms with Crippen LogP contribution in [-0.4, -0.2) is 50.0 Å². The summed E-state index contributed by atoms with van der Waals surface area (Å²) in [4.78, 5) is 38.8. The SMILES string of the molecule is COC(=O)c1cccc(NC(=O)C2CCN(C(=O)c3ccccc3OC)CC2)c1. The van der Waals surface area contributed by atoms with E-state index in [0.29, 0.717) is 48.5 Å². The Bertz CT molecular complexity index is 904. The van der Waals surface area contributed by atoms with Crippen LogP contribution < -0.4 is 10.1 Å². The first-order chi connectivity index (χ1) is 14.0. The molecule has 1 fully saturated rings. The smallest absolute Gasteiger partial charge is 0.337 e. The standard InChI is InChI=1S/C22H24N2O5/c1-28-19-9-4-3-8-18(19)21(26)24-12-10-15(11-13-24)20(25)23-17-7-5-6-16(14-17)22(27)29-2/h3-9,14-15H,10-13H2,1-2H3,(H,23,25). The average Bonchev–Trinajstić information content (AvgIpc) is 2.78. The number of nitrogens with one attached hydrogen (secondary N) is 1. The van der Waals surface area contributed by atoms with Crippen LogP contribution >= 0.6 is 0 Å². The quantitative estimate of drug-likeness (QED) is 0.786. The highest BCUT2D eigenvalue weighted by Gasteiger charge is 2.29. The summed E-state index contributed by atoms with van der Waals surface area (Å²) in [6.07, 6.45) is 1.15. The fraction of sp³-hybridized carbons (Fsp3) is 0.318. The van der Waals surface area contributed by atoms with Gasteiger partial charge in [0.1, 0.15) is 5.75 Å². The number of benzene rings is 2. The fourth-order valence-electron chi connectivity index (χ4n) is 3.42. The van der Waals surface area contributed by atoms with Gasteiger partial charge in [0.2, 0.25) is 5.91 Å². The molecule has 2 aromatic rings. The lowest BCUT2D eigenvalue weighted by Gasteiger charge is -2.31. The van der Waals surface area contributed by atoms with Gasteiger partial charge in [0.25, 0.3) is 5.91 Å². The number of methoxy groups -OCH3 is 2. The van der Waals surface area contributed by atoms with Gasteiger partial charge in [0.05, 0.1) is 25.3 Å². The molecule has 3 rings (SSSR count). The van der Waals surface area contributed by atoms with Crippen LogP contribution in [0, 0.1) is 5.92 Å². The van der Waals surface area contributed by atoms with Crippen molar-refractivity contribution < 1.29 is 23.9 Å². The Labute approximate surface area is 169 Å². The summed E-state index contributed by atoms with van der Waals surface area (Å²) >= 11 is 0. The summed E-state index contributed by atoms with van der Waals surface area (Å²) in [5.74, 6) is -0.311. The zero-order valence-electron chi connectivity index (χ0n) is 16.5. The lowest BCUT2D eigenvalue weighted by Crippen LogP contribution is -2.41. The number of hydrogen-bond acceptors (Lipinski definition) is 5. The molecule has 1 N–H and O–H groups in total. The van der Waals surface area contributed by atoms with Crippen molar-refractivity contribution in [2.24, 2.45) is 5.92 Å². The average molecular weight is 396 g/mol. The molecule has 1 heterocycles. The van der Waals surface area contributed by atoms with Crippen LogP contribution in [0.5, 0.6) is 5.75 Å². The summed E-state index contributed by atoms with van der Waals surface area (Å²) in [5.41, 5.74) is 1.45. The second kappa shape index (κ2) is 9.23. The Balaban J connectivity index is 1.58. The van der Waals surface area contributed by atoms with Crippen LogP contribution in [0.15, 0.2) is 48.5 Å². The monoisotopic (exact) mass is 396 g/mol. The number of esters is 1. The maximum absolute atomic E-state index is 12.8. The molecule has 0 atom stereocenters. The van der Waals surface area contributed by atoms with E-state index in [-0.39, 0.29) is 17.7 Å². The third-order valence-corrected chi connectivity index (χ3v) is 5.04. The van der Waals surface area contributed by atoms with Crippen LogP contribution in [0.4, 0.5) is 5.69 Å². The van der Waals surface area contributed by atoms with Crippen LogP contribution in [0.1, 0.15) is 33.6 Å². The van der Waals surface area contributed by atoms with Crippen molar-refractivity contribution in [1.29, 1.82) is 0 Å². The van der Waals surface area contributed by atoms with E-state index >= 15 is 0 Å². The fourth-order valence-corrected chi connectivity index (χ4v) is 3.42. The summed E-state index contributed by atoms with van der Waals surface area (Å²) in [5, 5.41) is 2.85. The minimum absolute atomic E-state index is 0.0907. The number of para-hydroxylation sites is 1. The third kappa shape index (κ3) is 4.74. The van der Waals surface area contributed by atoms with Gasteiger partial charge in [0, 0.05) is 24.7 Å². The van der Waals surface area contributed by atoms with Gasteiger partial charge < -0.3 is 19.7 Å². The Morgan fingerprint density at radius 2 is 1.72 bits per heavy atom. The molecule has 1 aliphatic rings. The molecule has 0 unspecified atom stereocenters. The molecule has 0 aromatic heterocycles. The van der Waals surface area contributed by atoms with Crippen molar-refractivity contribution in [3.8, 4) is 5.75 Å². The zero-order valence-corrected chi connectivity index (χ0v) is 16.5. The van der Waals surface area contributed by atoms with Crippen molar-refractivity contribution in [1.82, 2.24) is 4.90 Å². The molecule has 2 amide bonds. The molecule has 0 bridgehead atoms. The van der Waals surface area contributed by atoms with Crippen LogP contribution in [0.2, 0.25) is 0 Å². The molecule has 0 radical (unpaired) electrons. The zero-order chi connectivity index (χ0) is 20.8. The highest BCUT2D eigenvalue weighted by Crippen LogP contribution is 2.24. The molecule has 0 spiro atoms. The molecule has 7 nitrogen and oxygen atoms in total. The number of anilines is 1. The molecule has 7 heteroatoms. The predicted molar refractivity (Wildman–Crippen MR) is 108 cm³/mol. The normalized spacial score (nSPS) is 14.2. The van der Waals surface area contributed by atoms with Gasteiger partial charge in [-0.05, 0) is 43.2 Å². The number of nitrogens with zero attached hydrogens (tertiary/aromatic N) is 1. The number of ether oxygens (including phenoxy) is 2. The molecule has 29 heavy (non-hydrogen) atoms. The van der Waals surface area contributed by atoms with E-state index in [2.05, 4.69) is 5.32 Å². The van der Waals surface area contributed by atoms with Crippen molar-refractivity contribution >= 4 is 23.5 Å². The van der Waals surface area contributed by atoms with Gasteiger partial charge in [-0.15, -0.1) is 0 Å². The van der Waals surface area contributed by atoms with E-state index in [1.54, 1.807) is 47.4 Å². The highest BCUT2D eigenvalue weighted by atomic mass is 16.5. The minimum Gasteiger partial charge on any atom is -0.496 e. The Morgan fingerprint density at radius 1 is 1.00 bits per heavy atom. The molecule has 2 aromatic carbocycles. The first kappa shape index (κ1) is 20.4. The van der Waals surface area contributed by atoms with Crippen LogP contribution in [0.25, 0.3) is 0 Å². The van der Waals surface area contributed by atoms with Crippen molar-refractivity contribution in [3.63, 3.8) is 0 Å². The number of hydrogen-bond donors (Lipinski definition) is 1. The maximum atomic E-state index is 12.8. The molecule has 0 aliphatic carbocycles. The Kier molecular flexibility index (Phi) is 6.49. The molecule has 0 saturated carbocycles. The lowest BCUT2D eigenvalue weighted by atomic mass is 9.95. The topological polar surface area (TPSA) is 84.9 Å². The number of rotatable bonds is 5. The summed E-state index contributed by atoms with van der Waals surface area (Å²) in [6, 6.07) is 13.8. The summed E-state index contributed by atoms with van der Waals surface area (Å²) in [6.45, 7) is 0.994. The Hall–Kier alpha value is -3.35. The van der Waals surface area contributed by atoms with Gasteiger partial charge in [-0.25, -0.2) is 4.79 Å². The first-order valence-corrected chi connectivity index (χ1v) is 9.45. The van der Waals surface area contributed by atoms with E-state index < -0.39 is 5.97 Å². The highest BCUT2D eigenvalue weighted by molar-refractivity contribution is 5.98. The molecule has 1 saturated heterocycles.